The van der Waals surface area contributed by atoms with Crippen LogP contribution < -0.4 is 5.32 Å². The molecule has 0 radical (unpaired) electrons. The van der Waals surface area contributed by atoms with Crippen LogP contribution in [-0.4, -0.2) is 66.7 Å². The molecule has 29 heavy (non-hydrogen) atoms. The Balaban J connectivity index is 1.81. The summed E-state index contributed by atoms with van der Waals surface area (Å²) in [6.07, 6.45) is 0.286. The first-order valence-electron chi connectivity index (χ1n) is 9.08. The molecule has 4 amide bonds. The fourth-order valence-corrected chi connectivity index (χ4v) is 5.52. The predicted octanol–water partition coefficient (Wildman–Crippen LogP) is 0.767. The van der Waals surface area contributed by atoms with Gasteiger partial charge < -0.3 is 10.2 Å². The number of sulfone groups is 1. The van der Waals surface area contributed by atoms with E-state index < -0.39 is 57.4 Å². The number of likely N-dealkylation sites (N-methyl/N-ethyl adjacent to an activating group) is 1. The van der Waals surface area contributed by atoms with E-state index in [9.17, 15) is 31.6 Å². The van der Waals surface area contributed by atoms with Gasteiger partial charge in [-0.2, -0.15) is 0 Å². The van der Waals surface area contributed by atoms with Crippen molar-refractivity contribution in [3.05, 3.63) is 35.4 Å². The van der Waals surface area contributed by atoms with Crippen LogP contribution in [0.1, 0.15) is 25.8 Å². The molecule has 2 saturated heterocycles. The Morgan fingerprint density at radius 3 is 2.62 bits per heavy atom. The average Bonchev–Trinajstić information content (AvgIpc) is 3.10. The highest BCUT2D eigenvalue weighted by Crippen LogP contribution is 2.31. The molecule has 1 N–H and O–H groups in total. The zero-order valence-electron chi connectivity index (χ0n) is 15.9. The highest BCUT2D eigenvalue weighted by atomic mass is 32.2. The van der Waals surface area contributed by atoms with Gasteiger partial charge in [0.1, 0.15) is 23.7 Å². The Labute approximate surface area is 166 Å². The van der Waals surface area contributed by atoms with E-state index in [0.717, 1.165) is 18.2 Å². The first kappa shape index (κ1) is 21.2. The molecule has 2 heterocycles. The summed E-state index contributed by atoms with van der Waals surface area (Å²) in [6.45, 7) is 2.48. The van der Waals surface area contributed by atoms with Crippen LogP contribution in [0.2, 0.25) is 0 Å². The molecule has 0 bridgehead atoms. The van der Waals surface area contributed by atoms with Crippen molar-refractivity contribution in [3.63, 3.8) is 0 Å². The van der Waals surface area contributed by atoms with Gasteiger partial charge >= 0.3 is 6.03 Å². The number of hydrogen-bond donors (Lipinski definition) is 1. The largest absolute Gasteiger partial charge is 0.337 e. The van der Waals surface area contributed by atoms with Crippen LogP contribution in [0.25, 0.3) is 0 Å². The predicted molar refractivity (Wildman–Crippen MR) is 98.4 cm³/mol. The molecule has 0 aliphatic carbocycles. The fraction of sp³-hybridized carbons (Fsp3) is 0.500. The Hall–Kier alpha value is -2.56. The standard InChI is InChI=1S/C18H21F2N3O5S/c1-3-22(12-6-7-29(27,28)10-12)15(24)9-23-16(25)18(2,21-17(23)26)13-8-11(19)4-5-14(13)20/h4-5,8,12H,3,6-7,9-10H2,1-2H3,(H,21,26)/t12-,18+/m1/s1. The van der Waals surface area contributed by atoms with Crippen molar-refractivity contribution in [2.45, 2.75) is 31.8 Å². The molecule has 158 valence electrons. The van der Waals surface area contributed by atoms with Crippen molar-refractivity contribution in [2.75, 3.05) is 24.6 Å². The number of carbonyl (C=O) groups is 3. The molecular formula is C18H21F2N3O5S. The molecule has 0 saturated carbocycles. The maximum absolute atomic E-state index is 14.2. The van der Waals surface area contributed by atoms with Crippen LogP contribution in [0, 0.1) is 11.6 Å². The van der Waals surface area contributed by atoms with Gasteiger partial charge in [0.25, 0.3) is 5.91 Å². The molecular weight excluding hydrogens is 408 g/mol. The lowest BCUT2D eigenvalue weighted by atomic mass is 9.91. The van der Waals surface area contributed by atoms with Crippen molar-refractivity contribution in [1.29, 1.82) is 0 Å². The van der Waals surface area contributed by atoms with E-state index in [1.807, 2.05) is 0 Å². The zero-order chi connectivity index (χ0) is 21.6. The Morgan fingerprint density at radius 2 is 2.03 bits per heavy atom. The van der Waals surface area contributed by atoms with Gasteiger partial charge in [0.2, 0.25) is 5.91 Å². The van der Waals surface area contributed by atoms with Crippen LogP contribution in [0.4, 0.5) is 13.6 Å². The summed E-state index contributed by atoms with van der Waals surface area (Å²) < 4.78 is 51.2. The van der Waals surface area contributed by atoms with Crippen molar-refractivity contribution >= 4 is 27.7 Å². The maximum atomic E-state index is 14.2. The quantitative estimate of drug-likeness (QED) is 0.697. The summed E-state index contributed by atoms with van der Waals surface area (Å²) in [7, 11) is -3.23. The Morgan fingerprint density at radius 1 is 1.34 bits per heavy atom. The highest BCUT2D eigenvalue weighted by molar-refractivity contribution is 7.91. The van der Waals surface area contributed by atoms with Gasteiger partial charge in [-0.1, -0.05) is 0 Å². The van der Waals surface area contributed by atoms with E-state index in [2.05, 4.69) is 5.32 Å². The van der Waals surface area contributed by atoms with E-state index in [1.165, 1.54) is 11.8 Å². The van der Waals surface area contributed by atoms with Crippen LogP contribution in [0.3, 0.4) is 0 Å². The summed E-state index contributed by atoms with van der Waals surface area (Å²) >= 11 is 0. The third kappa shape index (κ3) is 3.83. The lowest BCUT2D eigenvalue weighted by Gasteiger charge is -2.28. The third-order valence-electron chi connectivity index (χ3n) is 5.35. The molecule has 1 aromatic carbocycles. The topological polar surface area (TPSA) is 104 Å². The number of benzene rings is 1. The second-order valence-electron chi connectivity index (χ2n) is 7.31. The summed E-state index contributed by atoms with van der Waals surface area (Å²) in [5.41, 5.74) is -2.21. The SMILES string of the molecule is CCN(C(=O)CN1C(=O)N[C@@](C)(c2cc(F)ccc2F)C1=O)[C@@H]1CCS(=O)(=O)C1. The minimum Gasteiger partial charge on any atom is -0.337 e. The van der Waals surface area contributed by atoms with E-state index >= 15 is 0 Å². The zero-order valence-corrected chi connectivity index (χ0v) is 16.8. The molecule has 2 aliphatic heterocycles. The molecule has 11 heteroatoms. The number of amides is 4. The minimum atomic E-state index is -3.23. The summed E-state index contributed by atoms with van der Waals surface area (Å²) in [5.74, 6) is -3.33. The van der Waals surface area contributed by atoms with Crippen LogP contribution in [0.15, 0.2) is 18.2 Å². The summed E-state index contributed by atoms with van der Waals surface area (Å²) in [6, 6.07) is 1.12. The smallest absolute Gasteiger partial charge is 0.325 e. The number of hydrogen-bond acceptors (Lipinski definition) is 5. The third-order valence-corrected chi connectivity index (χ3v) is 7.10. The highest BCUT2D eigenvalue weighted by Gasteiger charge is 2.51. The Bertz CT molecular complexity index is 984. The lowest BCUT2D eigenvalue weighted by molar-refractivity contribution is -0.139. The lowest BCUT2D eigenvalue weighted by Crippen LogP contribution is -2.48. The van der Waals surface area contributed by atoms with Crippen LogP contribution in [0.5, 0.6) is 0 Å². The van der Waals surface area contributed by atoms with E-state index in [4.69, 9.17) is 0 Å². The monoisotopic (exact) mass is 429 g/mol. The van der Waals surface area contributed by atoms with Crippen molar-refractivity contribution in [3.8, 4) is 0 Å². The van der Waals surface area contributed by atoms with Gasteiger partial charge in [-0.15, -0.1) is 0 Å². The molecule has 2 atom stereocenters. The number of urea groups is 1. The minimum absolute atomic E-state index is 0.0263. The number of carbonyl (C=O) groups excluding carboxylic acids is 3. The van der Waals surface area contributed by atoms with Gasteiger partial charge in [-0.25, -0.2) is 22.0 Å². The van der Waals surface area contributed by atoms with E-state index in [-0.39, 0.29) is 30.0 Å². The first-order chi connectivity index (χ1) is 13.5. The normalized spacial score (nSPS) is 25.9. The molecule has 0 unspecified atom stereocenters. The number of halogens is 2. The van der Waals surface area contributed by atoms with Crippen LogP contribution in [-0.2, 0) is 25.0 Å². The Kier molecular flexibility index (Phi) is 5.37. The second kappa shape index (κ2) is 7.36. The average molecular weight is 429 g/mol. The molecule has 2 aliphatic rings. The van der Waals surface area contributed by atoms with Gasteiger partial charge in [0, 0.05) is 18.2 Å². The number of nitrogens with one attached hydrogen (secondary N) is 1. The van der Waals surface area contributed by atoms with Gasteiger partial charge in [0.15, 0.2) is 9.84 Å². The number of rotatable bonds is 5. The van der Waals surface area contributed by atoms with Crippen molar-refractivity contribution in [1.82, 2.24) is 15.1 Å². The summed E-state index contributed by atoms with van der Waals surface area (Å²) in [5, 5.41) is 2.32. The molecule has 1 aromatic rings. The van der Waals surface area contributed by atoms with Crippen molar-refractivity contribution in [2.24, 2.45) is 0 Å². The molecule has 0 aromatic heterocycles. The number of imide groups is 1. The van der Waals surface area contributed by atoms with Crippen LogP contribution >= 0.6 is 0 Å². The van der Waals surface area contributed by atoms with Gasteiger partial charge in [-0.05, 0) is 38.5 Å². The van der Waals surface area contributed by atoms with E-state index in [1.54, 1.807) is 6.92 Å². The molecule has 3 rings (SSSR count). The first-order valence-corrected chi connectivity index (χ1v) is 10.9. The molecule has 8 nitrogen and oxygen atoms in total. The number of nitrogens with zero attached hydrogens (tertiary/aromatic N) is 2. The van der Waals surface area contributed by atoms with Gasteiger partial charge in [0.05, 0.1) is 11.5 Å². The second-order valence-corrected chi connectivity index (χ2v) is 9.54. The fourth-order valence-electron chi connectivity index (χ4n) is 3.79. The van der Waals surface area contributed by atoms with Gasteiger partial charge in [-0.3, -0.25) is 14.5 Å². The molecule has 2 fully saturated rings. The maximum Gasteiger partial charge on any atom is 0.325 e. The van der Waals surface area contributed by atoms with E-state index in [0.29, 0.717) is 4.90 Å². The molecule has 0 spiro atoms. The summed E-state index contributed by atoms with van der Waals surface area (Å²) in [4.78, 5) is 39.9. The van der Waals surface area contributed by atoms with Crippen molar-refractivity contribution < 1.29 is 31.6 Å².